The van der Waals surface area contributed by atoms with Gasteiger partial charge in [-0.1, -0.05) is 53.9 Å². The maximum absolute atomic E-state index is 4.85. The molecule has 1 aromatic rings. The number of unbranched alkanes of at least 4 members (excludes halogenated alkanes) is 3. The van der Waals surface area contributed by atoms with Gasteiger partial charge in [-0.15, -0.1) is 0 Å². The predicted octanol–water partition coefficient (Wildman–Crippen LogP) is 4.09. The van der Waals surface area contributed by atoms with E-state index in [-0.39, 0.29) is 0 Å². The molecule has 0 aromatic carbocycles. The van der Waals surface area contributed by atoms with Crippen molar-refractivity contribution in [2.24, 2.45) is 0 Å². The van der Waals surface area contributed by atoms with Gasteiger partial charge in [0.2, 0.25) is 0 Å². The maximum atomic E-state index is 4.85. The van der Waals surface area contributed by atoms with Crippen LogP contribution in [0.1, 0.15) is 77.3 Å². The van der Waals surface area contributed by atoms with E-state index in [1.807, 2.05) is 0 Å². The van der Waals surface area contributed by atoms with Crippen molar-refractivity contribution in [1.82, 2.24) is 15.1 Å². The lowest BCUT2D eigenvalue weighted by atomic mass is 10.1. The fraction of sp³-hybridized carbons (Fsp3) is 0.824. The first-order valence-corrected chi connectivity index (χ1v) is 8.44. The van der Waals surface area contributed by atoms with Gasteiger partial charge in [0.25, 0.3) is 0 Å². The molecule has 0 aliphatic carbocycles. The predicted molar refractivity (Wildman–Crippen MR) is 87.1 cm³/mol. The molecule has 1 rings (SSSR count). The molecule has 0 aliphatic heterocycles. The summed E-state index contributed by atoms with van der Waals surface area (Å²) in [5.41, 5.74) is 4.16. The summed E-state index contributed by atoms with van der Waals surface area (Å²) in [5.74, 6) is 0. The summed E-state index contributed by atoms with van der Waals surface area (Å²) in [6.07, 6.45) is 7.32. The van der Waals surface area contributed by atoms with Crippen LogP contribution >= 0.6 is 0 Å². The lowest BCUT2D eigenvalue weighted by Crippen LogP contribution is -2.23. The zero-order chi connectivity index (χ0) is 15.0. The lowest BCUT2D eigenvalue weighted by molar-refractivity contribution is 0.520. The highest BCUT2D eigenvalue weighted by Gasteiger charge is 2.15. The zero-order valence-electron chi connectivity index (χ0n) is 14.1. The monoisotopic (exact) mass is 279 g/mol. The van der Waals surface area contributed by atoms with Crippen molar-refractivity contribution < 1.29 is 0 Å². The summed E-state index contributed by atoms with van der Waals surface area (Å²) in [4.78, 5) is 0. The van der Waals surface area contributed by atoms with E-state index in [9.17, 15) is 0 Å². The standard InChI is InChI=1S/C17H33N3/c1-6-9-10-11-12-20-17(8-3)15(13-18-14(4)5)16(7-2)19-20/h14,18H,6-13H2,1-5H3. The highest BCUT2D eigenvalue weighted by atomic mass is 15.3. The van der Waals surface area contributed by atoms with Crippen molar-refractivity contribution in [2.45, 2.75) is 92.3 Å². The van der Waals surface area contributed by atoms with E-state index in [1.54, 1.807) is 0 Å². The molecule has 3 heteroatoms. The van der Waals surface area contributed by atoms with Crippen LogP contribution in [0.4, 0.5) is 0 Å². The molecule has 1 heterocycles. The molecule has 116 valence electrons. The number of nitrogens with zero attached hydrogens (tertiary/aromatic N) is 2. The van der Waals surface area contributed by atoms with E-state index in [1.165, 1.54) is 42.6 Å². The summed E-state index contributed by atoms with van der Waals surface area (Å²) in [6.45, 7) is 13.2. The largest absolute Gasteiger partial charge is 0.310 e. The second-order valence-corrected chi connectivity index (χ2v) is 5.90. The average molecular weight is 279 g/mol. The van der Waals surface area contributed by atoms with Crippen molar-refractivity contribution in [3.05, 3.63) is 17.0 Å². The third-order valence-corrected chi connectivity index (χ3v) is 3.83. The van der Waals surface area contributed by atoms with Gasteiger partial charge in [0.05, 0.1) is 5.69 Å². The van der Waals surface area contributed by atoms with E-state index in [0.717, 1.165) is 25.9 Å². The number of nitrogens with one attached hydrogen (secondary N) is 1. The second kappa shape index (κ2) is 9.17. The number of rotatable bonds is 10. The molecule has 1 aromatic heterocycles. The molecule has 3 nitrogen and oxygen atoms in total. The van der Waals surface area contributed by atoms with Crippen LogP contribution < -0.4 is 5.32 Å². The molecule has 20 heavy (non-hydrogen) atoms. The Morgan fingerprint density at radius 1 is 1.05 bits per heavy atom. The van der Waals surface area contributed by atoms with Gasteiger partial charge >= 0.3 is 0 Å². The lowest BCUT2D eigenvalue weighted by Gasteiger charge is -2.11. The highest BCUT2D eigenvalue weighted by molar-refractivity contribution is 5.26. The van der Waals surface area contributed by atoms with Gasteiger partial charge in [-0.25, -0.2) is 0 Å². The Morgan fingerprint density at radius 2 is 1.80 bits per heavy atom. The maximum Gasteiger partial charge on any atom is 0.0669 e. The number of hydrogen-bond acceptors (Lipinski definition) is 2. The van der Waals surface area contributed by atoms with Crippen LogP contribution in [-0.2, 0) is 25.9 Å². The molecule has 1 N–H and O–H groups in total. The Hall–Kier alpha value is -0.830. The molecule has 0 bridgehead atoms. The number of hydrogen-bond donors (Lipinski definition) is 1. The molecule has 0 radical (unpaired) electrons. The van der Waals surface area contributed by atoms with Crippen molar-refractivity contribution in [1.29, 1.82) is 0 Å². The smallest absolute Gasteiger partial charge is 0.0669 e. The Balaban J connectivity index is 2.78. The Kier molecular flexibility index (Phi) is 7.90. The van der Waals surface area contributed by atoms with E-state index in [4.69, 9.17) is 5.10 Å². The van der Waals surface area contributed by atoms with Crippen LogP contribution in [0.3, 0.4) is 0 Å². The zero-order valence-corrected chi connectivity index (χ0v) is 14.1. The van der Waals surface area contributed by atoms with Crippen molar-refractivity contribution in [2.75, 3.05) is 0 Å². The summed E-state index contributed by atoms with van der Waals surface area (Å²) >= 11 is 0. The molecule has 0 saturated heterocycles. The van der Waals surface area contributed by atoms with Crippen molar-refractivity contribution in [3.8, 4) is 0 Å². The van der Waals surface area contributed by atoms with Crippen LogP contribution in [0.2, 0.25) is 0 Å². The number of aromatic nitrogens is 2. The van der Waals surface area contributed by atoms with Crippen LogP contribution in [0.25, 0.3) is 0 Å². The SMILES string of the molecule is CCCCCCn1nc(CC)c(CNC(C)C)c1CC. The molecule has 0 spiro atoms. The minimum absolute atomic E-state index is 0.525. The van der Waals surface area contributed by atoms with Crippen molar-refractivity contribution in [3.63, 3.8) is 0 Å². The molecule has 0 amide bonds. The van der Waals surface area contributed by atoms with Crippen LogP contribution in [0.15, 0.2) is 0 Å². The van der Waals surface area contributed by atoms with Gasteiger partial charge in [-0.05, 0) is 19.3 Å². The Labute approximate surface area is 125 Å². The second-order valence-electron chi connectivity index (χ2n) is 5.90. The van der Waals surface area contributed by atoms with Crippen LogP contribution in [-0.4, -0.2) is 15.8 Å². The normalized spacial score (nSPS) is 11.5. The highest BCUT2D eigenvalue weighted by Crippen LogP contribution is 2.17. The quantitative estimate of drug-likeness (QED) is 0.654. The molecule has 0 atom stereocenters. The molecular weight excluding hydrogens is 246 g/mol. The first-order chi connectivity index (χ1) is 9.63. The third kappa shape index (κ3) is 4.93. The van der Waals surface area contributed by atoms with Gasteiger partial charge in [-0.2, -0.15) is 5.10 Å². The fourth-order valence-corrected chi connectivity index (χ4v) is 2.65. The van der Waals surface area contributed by atoms with E-state index >= 15 is 0 Å². The third-order valence-electron chi connectivity index (χ3n) is 3.83. The van der Waals surface area contributed by atoms with E-state index in [0.29, 0.717) is 6.04 Å². The van der Waals surface area contributed by atoms with Gasteiger partial charge in [0, 0.05) is 30.4 Å². The fourth-order valence-electron chi connectivity index (χ4n) is 2.65. The summed E-state index contributed by atoms with van der Waals surface area (Å²) in [5, 5.41) is 8.40. The van der Waals surface area contributed by atoms with Gasteiger partial charge in [0.1, 0.15) is 0 Å². The first-order valence-electron chi connectivity index (χ1n) is 8.44. The van der Waals surface area contributed by atoms with E-state index in [2.05, 4.69) is 44.6 Å². The molecular formula is C17H33N3. The number of aryl methyl sites for hydroxylation is 2. The average Bonchev–Trinajstić information content (AvgIpc) is 2.78. The van der Waals surface area contributed by atoms with Crippen molar-refractivity contribution >= 4 is 0 Å². The summed E-state index contributed by atoms with van der Waals surface area (Å²) < 4.78 is 2.27. The molecule has 0 saturated carbocycles. The van der Waals surface area contributed by atoms with Gasteiger partial charge in [-0.3, -0.25) is 4.68 Å². The van der Waals surface area contributed by atoms with Crippen LogP contribution in [0.5, 0.6) is 0 Å². The van der Waals surface area contributed by atoms with Gasteiger partial charge in [0.15, 0.2) is 0 Å². The molecule has 0 fully saturated rings. The van der Waals surface area contributed by atoms with Gasteiger partial charge < -0.3 is 5.32 Å². The van der Waals surface area contributed by atoms with E-state index < -0.39 is 0 Å². The Morgan fingerprint density at radius 3 is 2.35 bits per heavy atom. The minimum atomic E-state index is 0.525. The summed E-state index contributed by atoms with van der Waals surface area (Å²) in [6, 6.07) is 0.525. The summed E-state index contributed by atoms with van der Waals surface area (Å²) in [7, 11) is 0. The topological polar surface area (TPSA) is 29.9 Å². The molecule has 0 aliphatic rings. The van der Waals surface area contributed by atoms with Crippen LogP contribution in [0, 0.1) is 0 Å². The molecule has 0 unspecified atom stereocenters. The first kappa shape index (κ1) is 17.2. The minimum Gasteiger partial charge on any atom is -0.310 e. The Bertz CT molecular complexity index is 380.